The van der Waals surface area contributed by atoms with Gasteiger partial charge in [0.2, 0.25) is 0 Å². The lowest BCUT2D eigenvalue weighted by Crippen LogP contribution is -2.55. The number of rotatable bonds is 6. The minimum Gasteiger partial charge on any atom is -0.395 e. The third-order valence-electron chi connectivity index (χ3n) is 4.15. The van der Waals surface area contributed by atoms with Crippen LogP contribution in [0, 0.1) is 5.92 Å². The zero-order valence-corrected chi connectivity index (χ0v) is 11.4. The van der Waals surface area contributed by atoms with Crippen molar-refractivity contribution in [3.8, 4) is 0 Å². The van der Waals surface area contributed by atoms with E-state index in [0.29, 0.717) is 18.6 Å². The third-order valence-corrected chi connectivity index (χ3v) is 4.15. The first-order valence-electron chi connectivity index (χ1n) is 6.69. The number of aliphatic hydroxyl groups is 1. The summed E-state index contributed by atoms with van der Waals surface area (Å²) in [5.41, 5.74) is 6.07. The summed E-state index contributed by atoms with van der Waals surface area (Å²) in [6.07, 6.45) is 5.12. The Morgan fingerprint density at radius 2 is 2.06 bits per heavy atom. The average molecular weight is 244 g/mol. The summed E-state index contributed by atoms with van der Waals surface area (Å²) in [7, 11) is 3.74. The third kappa shape index (κ3) is 3.91. The minimum atomic E-state index is -0.121. The molecule has 1 saturated carbocycles. The van der Waals surface area contributed by atoms with Gasteiger partial charge in [0.05, 0.1) is 19.3 Å². The molecule has 0 radical (unpaired) electrons. The van der Waals surface area contributed by atoms with E-state index < -0.39 is 0 Å². The summed E-state index contributed by atoms with van der Waals surface area (Å²) < 4.78 is 5.09. The summed E-state index contributed by atoms with van der Waals surface area (Å²) in [4.78, 5) is 2.27. The number of aliphatic hydroxyl groups excluding tert-OH is 1. The van der Waals surface area contributed by atoms with Gasteiger partial charge in [0.25, 0.3) is 0 Å². The van der Waals surface area contributed by atoms with Gasteiger partial charge in [-0.3, -0.25) is 4.90 Å². The molecule has 4 atom stereocenters. The van der Waals surface area contributed by atoms with E-state index in [0.717, 1.165) is 0 Å². The molecular weight excluding hydrogens is 216 g/mol. The van der Waals surface area contributed by atoms with Crippen LogP contribution in [0.15, 0.2) is 0 Å². The standard InChI is InChI=1S/C13H28N2O2/c1-10-6-4-5-7-12(10)15(2)13(8-16)11(14)9-17-3/h10-13,16H,4-9,14H2,1-3H3. The number of nitrogens with two attached hydrogens (primary N) is 1. The molecule has 0 aromatic carbocycles. The number of hydrogen-bond donors (Lipinski definition) is 2. The Hall–Kier alpha value is -0.160. The second-order valence-corrected chi connectivity index (χ2v) is 5.36. The number of nitrogens with zero attached hydrogens (tertiary/aromatic N) is 1. The molecule has 1 aliphatic rings. The van der Waals surface area contributed by atoms with E-state index in [1.165, 1.54) is 25.7 Å². The molecule has 0 heterocycles. The highest BCUT2D eigenvalue weighted by molar-refractivity contribution is 4.87. The summed E-state index contributed by atoms with van der Waals surface area (Å²) >= 11 is 0. The van der Waals surface area contributed by atoms with Crippen LogP contribution in [0.25, 0.3) is 0 Å². The molecule has 0 spiro atoms. The fraction of sp³-hybridized carbons (Fsp3) is 1.00. The van der Waals surface area contributed by atoms with Crippen molar-refractivity contribution in [1.82, 2.24) is 4.90 Å². The fourth-order valence-electron chi connectivity index (χ4n) is 3.02. The van der Waals surface area contributed by atoms with Gasteiger partial charge in [-0.05, 0) is 25.8 Å². The first-order chi connectivity index (χ1) is 8.11. The van der Waals surface area contributed by atoms with Gasteiger partial charge >= 0.3 is 0 Å². The van der Waals surface area contributed by atoms with E-state index in [2.05, 4.69) is 18.9 Å². The van der Waals surface area contributed by atoms with Crippen LogP contribution in [0.4, 0.5) is 0 Å². The Labute approximate surface area is 105 Å². The number of likely N-dealkylation sites (N-methyl/N-ethyl adjacent to an activating group) is 1. The second-order valence-electron chi connectivity index (χ2n) is 5.36. The van der Waals surface area contributed by atoms with Gasteiger partial charge in [-0.15, -0.1) is 0 Å². The Morgan fingerprint density at radius 3 is 2.59 bits per heavy atom. The van der Waals surface area contributed by atoms with Crippen molar-refractivity contribution < 1.29 is 9.84 Å². The van der Waals surface area contributed by atoms with Crippen molar-refractivity contribution >= 4 is 0 Å². The van der Waals surface area contributed by atoms with Crippen molar-refractivity contribution in [2.45, 2.75) is 50.7 Å². The van der Waals surface area contributed by atoms with E-state index in [1.807, 2.05) is 0 Å². The summed E-state index contributed by atoms with van der Waals surface area (Å²) in [6, 6.07) is 0.424. The molecule has 0 saturated heterocycles. The van der Waals surface area contributed by atoms with Crippen LogP contribution in [-0.4, -0.2) is 55.5 Å². The van der Waals surface area contributed by atoms with Crippen LogP contribution in [0.1, 0.15) is 32.6 Å². The zero-order valence-electron chi connectivity index (χ0n) is 11.4. The highest BCUT2D eigenvalue weighted by Gasteiger charge is 2.31. The minimum absolute atomic E-state index is 0.000463. The zero-order chi connectivity index (χ0) is 12.8. The Bertz CT molecular complexity index is 214. The van der Waals surface area contributed by atoms with Crippen molar-refractivity contribution in [1.29, 1.82) is 0 Å². The molecule has 1 rings (SSSR count). The van der Waals surface area contributed by atoms with Crippen molar-refractivity contribution in [2.75, 3.05) is 27.4 Å². The van der Waals surface area contributed by atoms with E-state index in [1.54, 1.807) is 7.11 Å². The normalized spacial score (nSPS) is 29.3. The lowest BCUT2D eigenvalue weighted by atomic mass is 9.84. The predicted molar refractivity (Wildman–Crippen MR) is 69.9 cm³/mol. The molecule has 0 bridgehead atoms. The largest absolute Gasteiger partial charge is 0.395 e. The number of ether oxygens (including phenoxy) is 1. The van der Waals surface area contributed by atoms with Crippen molar-refractivity contribution in [2.24, 2.45) is 11.7 Å². The van der Waals surface area contributed by atoms with Crippen LogP contribution in [-0.2, 0) is 4.74 Å². The smallest absolute Gasteiger partial charge is 0.0629 e. The molecule has 17 heavy (non-hydrogen) atoms. The lowest BCUT2D eigenvalue weighted by Gasteiger charge is -2.42. The first-order valence-corrected chi connectivity index (χ1v) is 6.69. The van der Waals surface area contributed by atoms with Crippen LogP contribution in [0.5, 0.6) is 0 Å². The van der Waals surface area contributed by atoms with Crippen molar-refractivity contribution in [3.05, 3.63) is 0 Å². The number of methoxy groups -OCH3 is 1. The molecule has 0 aromatic heterocycles. The molecule has 0 amide bonds. The predicted octanol–water partition coefficient (Wildman–Crippen LogP) is 0.832. The van der Waals surface area contributed by atoms with Gasteiger partial charge in [-0.25, -0.2) is 0 Å². The quantitative estimate of drug-likeness (QED) is 0.726. The SMILES string of the molecule is COCC(N)C(CO)N(C)C1CCCCC1C. The highest BCUT2D eigenvalue weighted by atomic mass is 16.5. The average Bonchev–Trinajstić information content (AvgIpc) is 2.30. The van der Waals surface area contributed by atoms with Gasteiger partial charge in [0.1, 0.15) is 0 Å². The van der Waals surface area contributed by atoms with E-state index >= 15 is 0 Å². The molecule has 4 heteroatoms. The molecule has 0 aromatic rings. The summed E-state index contributed by atoms with van der Waals surface area (Å²) in [6.45, 7) is 2.90. The summed E-state index contributed by atoms with van der Waals surface area (Å²) in [5, 5.41) is 9.53. The van der Waals surface area contributed by atoms with E-state index in [4.69, 9.17) is 10.5 Å². The van der Waals surface area contributed by atoms with Crippen LogP contribution >= 0.6 is 0 Å². The van der Waals surface area contributed by atoms with Crippen molar-refractivity contribution in [3.63, 3.8) is 0 Å². The molecule has 0 aliphatic heterocycles. The number of hydrogen-bond acceptors (Lipinski definition) is 4. The second kappa shape index (κ2) is 7.31. The first kappa shape index (κ1) is 14.9. The Morgan fingerprint density at radius 1 is 1.41 bits per heavy atom. The van der Waals surface area contributed by atoms with E-state index in [9.17, 15) is 5.11 Å². The maximum atomic E-state index is 9.53. The van der Waals surface area contributed by atoms with Gasteiger partial charge in [-0.2, -0.15) is 0 Å². The molecular formula is C13H28N2O2. The monoisotopic (exact) mass is 244 g/mol. The maximum Gasteiger partial charge on any atom is 0.0629 e. The molecule has 4 nitrogen and oxygen atoms in total. The Balaban J connectivity index is 2.60. The van der Waals surface area contributed by atoms with Crippen LogP contribution in [0.3, 0.4) is 0 Å². The molecule has 1 aliphatic carbocycles. The lowest BCUT2D eigenvalue weighted by molar-refractivity contribution is 0.0323. The van der Waals surface area contributed by atoms with E-state index in [-0.39, 0.29) is 18.7 Å². The molecule has 4 unspecified atom stereocenters. The Kier molecular flexibility index (Phi) is 6.41. The topological polar surface area (TPSA) is 58.7 Å². The van der Waals surface area contributed by atoms with Gasteiger partial charge in [-0.1, -0.05) is 19.8 Å². The molecule has 3 N–H and O–H groups in total. The van der Waals surface area contributed by atoms with Crippen LogP contribution in [0.2, 0.25) is 0 Å². The van der Waals surface area contributed by atoms with Gasteiger partial charge in [0.15, 0.2) is 0 Å². The van der Waals surface area contributed by atoms with Gasteiger partial charge < -0.3 is 15.6 Å². The van der Waals surface area contributed by atoms with Crippen LogP contribution < -0.4 is 5.73 Å². The van der Waals surface area contributed by atoms with Gasteiger partial charge in [0, 0.05) is 19.2 Å². The fourth-order valence-corrected chi connectivity index (χ4v) is 3.02. The molecule has 1 fully saturated rings. The summed E-state index contributed by atoms with van der Waals surface area (Å²) in [5.74, 6) is 0.692. The molecule has 102 valence electrons. The maximum absolute atomic E-state index is 9.53. The highest BCUT2D eigenvalue weighted by Crippen LogP contribution is 2.28.